The summed E-state index contributed by atoms with van der Waals surface area (Å²) in [5.74, 6) is -0.977. The smallest absolute Gasteiger partial charge is 0.337 e. The van der Waals surface area contributed by atoms with Crippen LogP contribution in [0.1, 0.15) is 33.6 Å². The van der Waals surface area contributed by atoms with Gasteiger partial charge in [0, 0.05) is 13.3 Å². The molecule has 23 heavy (non-hydrogen) atoms. The van der Waals surface area contributed by atoms with Crippen molar-refractivity contribution in [3.8, 4) is 0 Å². The maximum absolute atomic E-state index is 11.9. The van der Waals surface area contributed by atoms with Gasteiger partial charge in [0.05, 0.1) is 18.3 Å². The highest BCUT2D eigenvalue weighted by molar-refractivity contribution is 5.93. The van der Waals surface area contributed by atoms with Crippen LogP contribution in [0.15, 0.2) is 34.4 Å². The molecular weight excluding hydrogens is 300 g/mol. The standard InChI is InChI=1S/C17H22O6/c1-9-4-5-12-13(8-18)17(21)23-16(12)6-10(2)15(7-14(9)20)22-11(3)19/h4,6,14-16,18,20H,5,7-8H2,1-3H3/b9-4-,10-6+/t14-,15+,16+/m0/s1. The van der Waals surface area contributed by atoms with Crippen LogP contribution < -0.4 is 0 Å². The highest BCUT2D eigenvalue weighted by atomic mass is 16.6. The van der Waals surface area contributed by atoms with Crippen molar-refractivity contribution in [2.24, 2.45) is 0 Å². The molecule has 2 N–H and O–H groups in total. The fourth-order valence-corrected chi connectivity index (χ4v) is 2.77. The van der Waals surface area contributed by atoms with Gasteiger partial charge >= 0.3 is 11.9 Å². The Hall–Kier alpha value is -1.92. The van der Waals surface area contributed by atoms with Crippen molar-refractivity contribution < 1.29 is 29.3 Å². The van der Waals surface area contributed by atoms with E-state index >= 15 is 0 Å². The molecule has 6 heteroatoms. The van der Waals surface area contributed by atoms with E-state index in [0.717, 1.165) is 5.57 Å². The third-order valence-corrected chi connectivity index (χ3v) is 4.21. The largest absolute Gasteiger partial charge is 0.458 e. The summed E-state index contributed by atoms with van der Waals surface area (Å²) in [4.78, 5) is 23.2. The molecule has 0 unspecified atom stereocenters. The lowest BCUT2D eigenvalue weighted by atomic mass is 9.92. The molecule has 0 aromatic carbocycles. The molecule has 3 atom stereocenters. The fraction of sp³-hybridized carbons (Fsp3) is 0.529. The van der Waals surface area contributed by atoms with Crippen molar-refractivity contribution >= 4 is 11.9 Å². The molecule has 1 aliphatic carbocycles. The lowest BCUT2D eigenvalue weighted by molar-refractivity contribution is -0.146. The van der Waals surface area contributed by atoms with Crippen molar-refractivity contribution in [1.82, 2.24) is 0 Å². The minimum atomic E-state index is -0.754. The summed E-state index contributed by atoms with van der Waals surface area (Å²) in [6, 6.07) is 0. The number of aliphatic hydroxyl groups is 2. The van der Waals surface area contributed by atoms with Crippen LogP contribution in [-0.4, -0.2) is 47.1 Å². The minimum absolute atomic E-state index is 0.247. The van der Waals surface area contributed by atoms with Crippen molar-refractivity contribution in [2.75, 3.05) is 6.61 Å². The molecule has 0 radical (unpaired) electrons. The zero-order valence-corrected chi connectivity index (χ0v) is 13.5. The summed E-state index contributed by atoms with van der Waals surface area (Å²) < 4.78 is 10.6. The van der Waals surface area contributed by atoms with E-state index in [9.17, 15) is 19.8 Å². The Kier molecular flexibility index (Phi) is 5.38. The van der Waals surface area contributed by atoms with Crippen LogP contribution in [0.2, 0.25) is 0 Å². The number of carbonyl (C=O) groups is 2. The summed E-state index contributed by atoms with van der Waals surface area (Å²) in [6.07, 6.45) is 2.25. The predicted octanol–water partition coefficient (Wildman–Crippen LogP) is 1.18. The van der Waals surface area contributed by atoms with Gasteiger partial charge in [-0.2, -0.15) is 0 Å². The molecule has 126 valence electrons. The number of fused-ring (bicyclic) bond motifs is 1. The number of allylic oxidation sites excluding steroid dienone is 1. The van der Waals surface area contributed by atoms with Crippen LogP contribution in [-0.2, 0) is 19.1 Å². The zero-order chi connectivity index (χ0) is 17.1. The minimum Gasteiger partial charge on any atom is -0.458 e. The molecule has 0 saturated heterocycles. The first-order chi connectivity index (χ1) is 10.8. The second kappa shape index (κ2) is 7.10. The van der Waals surface area contributed by atoms with Gasteiger partial charge < -0.3 is 19.7 Å². The van der Waals surface area contributed by atoms with Crippen molar-refractivity contribution in [2.45, 2.75) is 51.9 Å². The van der Waals surface area contributed by atoms with E-state index in [-0.39, 0.29) is 18.6 Å². The molecule has 0 amide bonds. The zero-order valence-electron chi connectivity index (χ0n) is 13.5. The monoisotopic (exact) mass is 322 g/mol. The van der Waals surface area contributed by atoms with Gasteiger partial charge in [-0.3, -0.25) is 4.79 Å². The second-order valence-electron chi connectivity index (χ2n) is 5.90. The maximum atomic E-state index is 11.9. The van der Waals surface area contributed by atoms with E-state index in [2.05, 4.69) is 0 Å². The summed E-state index contributed by atoms with van der Waals surface area (Å²) in [5.41, 5.74) is 2.34. The Morgan fingerprint density at radius 3 is 2.70 bits per heavy atom. The number of carbonyl (C=O) groups excluding carboxylic acids is 2. The molecule has 2 rings (SSSR count). The normalized spacial score (nSPS) is 33.1. The molecule has 6 nitrogen and oxygen atoms in total. The predicted molar refractivity (Wildman–Crippen MR) is 82.3 cm³/mol. The topological polar surface area (TPSA) is 93.1 Å². The van der Waals surface area contributed by atoms with Gasteiger partial charge in [-0.1, -0.05) is 6.08 Å². The SMILES string of the molecule is CC(=O)O[C@@H]1C[C@H](O)/C(C)=C\CC2=C(CO)C(=O)O[C@@H]2/C=C/1C. The Bertz CT molecular complexity index is 598. The van der Waals surface area contributed by atoms with Gasteiger partial charge in [-0.05, 0) is 43.1 Å². The average Bonchev–Trinajstić information content (AvgIpc) is 2.77. The van der Waals surface area contributed by atoms with Gasteiger partial charge in [0.25, 0.3) is 0 Å². The van der Waals surface area contributed by atoms with Gasteiger partial charge in [0.15, 0.2) is 0 Å². The number of esters is 2. The van der Waals surface area contributed by atoms with E-state index in [0.29, 0.717) is 17.6 Å². The lowest BCUT2D eigenvalue weighted by Crippen LogP contribution is -2.26. The average molecular weight is 322 g/mol. The lowest BCUT2D eigenvalue weighted by Gasteiger charge is -2.24. The Balaban J connectivity index is 2.44. The van der Waals surface area contributed by atoms with E-state index < -0.39 is 30.3 Å². The highest BCUT2D eigenvalue weighted by Gasteiger charge is 2.33. The molecular formula is C17H22O6. The third kappa shape index (κ3) is 3.89. The Morgan fingerprint density at radius 1 is 1.39 bits per heavy atom. The van der Waals surface area contributed by atoms with Crippen LogP contribution in [0.5, 0.6) is 0 Å². The van der Waals surface area contributed by atoms with Crippen molar-refractivity contribution in [3.05, 3.63) is 34.4 Å². The first-order valence-electron chi connectivity index (χ1n) is 7.57. The van der Waals surface area contributed by atoms with Gasteiger partial charge in [-0.15, -0.1) is 0 Å². The van der Waals surface area contributed by atoms with E-state index in [4.69, 9.17) is 9.47 Å². The van der Waals surface area contributed by atoms with E-state index in [1.165, 1.54) is 6.92 Å². The van der Waals surface area contributed by atoms with Crippen LogP contribution in [0.25, 0.3) is 0 Å². The molecule has 0 spiro atoms. The summed E-state index contributed by atoms with van der Waals surface area (Å²) in [6.45, 7) is 4.47. The number of rotatable bonds is 2. The molecule has 0 saturated carbocycles. The first kappa shape index (κ1) is 17.4. The van der Waals surface area contributed by atoms with E-state index in [1.807, 2.05) is 6.08 Å². The molecule has 0 bridgehead atoms. The molecule has 1 heterocycles. The summed E-state index contributed by atoms with van der Waals surface area (Å²) in [5, 5.41) is 19.7. The van der Waals surface area contributed by atoms with Gasteiger partial charge in [0.1, 0.15) is 12.2 Å². The van der Waals surface area contributed by atoms with Gasteiger partial charge in [-0.25, -0.2) is 4.79 Å². The number of hydrogen-bond acceptors (Lipinski definition) is 6. The third-order valence-electron chi connectivity index (χ3n) is 4.21. The fourth-order valence-electron chi connectivity index (χ4n) is 2.77. The first-order valence-corrected chi connectivity index (χ1v) is 7.57. The summed E-state index contributed by atoms with van der Waals surface area (Å²) in [7, 11) is 0. The molecule has 1 aliphatic heterocycles. The summed E-state index contributed by atoms with van der Waals surface area (Å²) >= 11 is 0. The van der Waals surface area contributed by atoms with Crippen molar-refractivity contribution in [3.63, 3.8) is 0 Å². The number of aliphatic hydroxyl groups excluding tert-OH is 2. The molecule has 2 aliphatic rings. The highest BCUT2D eigenvalue weighted by Crippen LogP contribution is 2.31. The number of ether oxygens (including phenoxy) is 2. The number of hydrogen-bond donors (Lipinski definition) is 2. The van der Waals surface area contributed by atoms with Gasteiger partial charge in [0.2, 0.25) is 0 Å². The molecule has 0 aromatic heterocycles. The van der Waals surface area contributed by atoms with E-state index in [1.54, 1.807) is 19.9 Å². The Labute approximate surface area is 135 Å². The van der Waals surface area contributed by atoms with Crippen LogP contribution in [0, 0.1) is 0 Å². The second-order valence-corrected chi connectivity index (χ2v) is 5.90. The molecule has 0 aromatic rings. The Morgan fingerprint density at radius 2 is 2.09 bits per heavy atom. The van der Waals surface area contributed by atoms with Crippen LogP contribution >= 0.6 is 0 Å². The van der Waals surface area contributed by atoms with Crippen LogP contribution in [0.3, 0.4) is 0 Å². The van der Waals surface area contributed by atoms with Crippen molar-refractivity contribution in [1.29, 1.82) is 0 Å². The molecule has 0 fully saturated rings. The van der Waals surface area contributed by atoms with Crippen LogP contribution in [0.4, 0.5) is 0 Å². The maximum Gasteiger partial charge on any atom is 0.337 e. The quantitative estimate of drug-likeness (QED) is 0.586.